The van der Waals surface area contributed by atoms with Crippen LogP contribution < -0.4 is 5.32 Å². The molecule has 1 atom stereocenters. The molecule has 4 heteroatoms. The van der Waals surface area contributed by atoms with Crippen molar-refractivity contribution < 1.29 is 4.79 Å². The largest absolute Gasteiger partial charge is 0.361 e. The molecule has 0 aliphatic heterocycles. The summed E-state index contributed by atoms with van der Waals surface area (Å²) in [5.74, 6) is 0.131. The Bertz CT molecular complexity index is 550. The average molecular weight is 276 g/mol. The summed E-state index contributed by atoms with van der Waals surface area (Å²) in [6.07, 6.45) is 5.39. The molecule has 102 valence electrons. The van der Waals surface area contributed by atoms with Gasteiger partial charge in [-0.25, -0.2) is 0 Å². The fourth-order valence-corrected chi connectivity index (χ4v) is 2.27. The number of aromatic nitrogens is 1. The van der Waals surface area contributed by atoms with Gasteiger partial charge in [-0.15, -0.1) is 0 Å². The number of fused-ring (bicyclic) bond motifs is 1. The number of carbonyl (C=O) groups excluding carboxylic acids is 1. The molecule has 1 heterocycles. The molecule has 0 aliphatic rings. The van der Waals surface area contributed by atoms with Gasteiger partial charge in [0, 0.05) is 35.3 Å². The van der Waals surface area contributed by atoms with Gasteiger partial charge in [-0.3, -0.25) is 4.79 Å². The number of aromatic amines is 1. The summed E-state index contributed by atoms with van der Waals surface area (Å²) in [6, 6.07) is 8.19. The second-order valence-corrected chi connectivity index (χ2v) is 5.99. The molecule has 1 aromatic carbocycles. The smallest absolute Gasteiger partial charge is 0.220 e. The first-order chi connectivity index (χ1) is 9.20. The first kappa shape index (κ1) is 14.0. The molecule has 2 N–H and O–H groups in total. The third-order valence-electron chi connectivity index (χ3n) is 3.29. The van der Waals surface area contributed by atoms with Crippen LogP contribution >= 0.6 is 11.8 Å². The van der Waals surface area contributed by atoms with Crippen molar-refractivity contribution in [3.63, 3.8) is 0 Å². The number of aryl methyl sites for hydroxylation is 1. The van der Waals surface area contributed by atoms with Gasteiger partial charge in [-0.1, -0.05) is 25.1 Å². The lowest BCUT2D eigenvalue weighted by Gasteiger charge is -2.09. The maximum absolute atomic E-state index is 11.8. The number of nitrogens with one attached hydrogen (secondary N) is 2. The van der Waals surface area contributed by atoms with Crippen LogP contribution in [0.1, 0.15) is 18.9 Å². The molecular formula is C15H20N2OS. The van der Waals surface area contributed by atoms with Crippen molar-refractivity contribution in [3.05, 3.63) is 36.0 Å². The first-order valence-corrected chi connectivity index (χ1v) is 7.84. The zero-order valence-electron chi connectivity index (χ0n) is 11.4. The van der Waals surface area contributed by atoms with Crippen LogP contribution in [0, 0.1) is 0 Å². The van der Waals surface area contributed by atoms with E-state index in [9.17, 15) is 4.79 Å². The predicted octanol–water partition coefficient (Wildman–Crippen LogP) is 2.97. The van der Waals surface area contributed by atoms with E-state index in [0.29, 0.717) is 11.7 Å². The highest BCUT2D eigenvalue weighted by Crippen LogP contribution is 2.18. The van der Waals surface area contributed by atoms with Crippen LogP contribution in [-0.2, 0) is 11.2 Å². The van der Waals surface area contributed by atoms with E-state index in [1.165, 1.54) is 10.9 Å². The number of para-hydroxylation sites is 1. The molecule has 0 aliphatic carbocycles. The lowest BCUT2D eigenvalue weighted by molar-refractivity contribution is -0.121. The summed E-state index contributed by atoms with van der Waals surface area (Å²) >= 11 is 1.76. The van der Waals surface area contributed by atoms with E-state index < -0.39 is 0 Å². The maximum atomic E-state index is 11.8. The molecule has 0 saturated heterocycles. The lowest BCUT2D eigenvalue weighted by Crippen LogP contribution is -2.29. The van der Waals surface area contributed by atoms with Gasteiger partial charge >= 0.3 is 0 Å². The summed E-state index contributed by atoms with van der Waals surface area (Å²) in [4.78, 5) is 15.0. The Morgan fingerprint density at radius 2 is 2.21 bits per heavy atom. The van der Waals surface area contributed by atoms with Crippen LogP contribution in [0.4, 0.5) is 0 Å². The van der Waals surface area contributed by atoms with Crippen LogP contribution in [0.3, 0.4) is 0 Å². The van der Waals surface area contributed by atoms with Crippen LogP contribution in [0.25, 0.3) is 10.9 Å². The lowest BCUT2D eigenvalue weighted by atomic mass is 10.1. The van der Waals surface area contributed by atoms with Crippen LogP contribution in [-0.4, -0.2) is 28.9 Å². The number of amides is 1. The number of H-pyrrole nitrogens is 1. The minimum absolute atomic E-state index is 0.131. The van der Waals surface area contributed by atoms with E-state index in [-0.39, 0.29) is 5.91 Å². The van der Waals surface area contributed by atoms with Gasteiger partial charge in [0.1, 0.15) is 0 Å². The van der Waals surface area contributed by atoms with Crippen molar-refractivity contribution in [1.82, 2.24) is 10.3 Å². The molecule has 1 unspecified atom stereocenters. The van der Waals surface area contributed by atoms with Crippen molar-refractivity contribution >= 4 is 28.6 Å². The molecule has 0 spiro atoms. The molecule has 2 rings (SSSR count). The van der Waals surface area contributed by atoms with E-state index >= 15 is 0 Å². The fraction of sp³-hybridized carbons (Fsp3) is 0.400. The fourth-order valence-electron chi connectivity index (χ4n) is 2.02. The monoisotopic (exact) mass is 276 g/mol. The molecule has 0 radical (unpaired) electrons. The first-order valence-electron chi connectivity index (χ1n) is 6.55. The van der Waals surface area contributed by atoms with Gasteiger partial charge in [-0.05, 0) is 24.3 Å². The quantitative estimate of drug-likeness (QED) is 0.852. The maximum Gasteiger partial charge on any atom is 0.220 e. The molecule has 0 fully saturated rings. The van der Waals surface area contributed by atoms with Crippen molar-refractivity contribution in [2.45, 2.75) is 25.0 Å². The van der Waals surface area contributed by atoms with E-state index in [2.05, 4.69) is 35.6 Å². The van der Waals surface area contributed by atoms with Crippen molar-refractivity contribution in [2.24, 2.45) is 0 Å². The minimum Gasteiger partial charge on any atom is -0.361 e. The minimum atomic E-state index is 0.131. The number of carbonyl (C=O) groups is 1. The molecule has 19 heavy (non-hydrogen) atoms. The summed E-state index contributed by atoms with van der Waals surface area (Å²) in [6.45, 7) is 2.86. The van der Waals surface area contributed by atoms with Crippen molar-refractivity contribution in [1.29, 1.82) is 0 Å². The van der Waals surface area contributed by atoms with Crippen LogP contribution in [0.15, 0.2) is 30.5 Å². The Morgan fingerprint density at radius 3 is 3.00 bits per heavy atom. The number of hydrogen-bond acceptors (Lipinski definition) is 2. The predicted molar refractivity (Wildman–Crippen MR) is 82.6 cm³/mol. The Balaban J connectivity index is 1.87. The third kappa shape index (κ3) is 3.77. The zero-order valence-corrected chi connectivity index (χ0v) is 12.2. The summed E-state index contributed by atoms with van der Waals surface area (Å²) in [5.41, 5.74) is 2.34. The van der Waals surface area contributed by atoms with Crippen molar-refractivity contribution in [3.8, 4) is 0 Å². The van der Waals surface area contributed by atoms with Crippen molar-refractivity contribution in [2.75, 3.05) is 12.8 Å². The molecular weight excluding hydrogens is 256 g/mol. The molecule has 1 amide bonds. The van der Waals surface area contributed by atoms with Gasteiger partial charge in [0.2, 0.25) is 5.91 Å². The highest BCUT2D eigenvalue weighted by atomic mass is 32.2. The van der Waals surface area contributed by atoms with E-state index in [1.54, 1.807) is 11.8 Å². The highest BCUT2D eigenvalue weighted by Gasteiger charge is 2.07. The molecule has 0 bridgehead atoms. The van der Waals surface area contributed by atoms with Gasteiger partial charge in [0.25, 0.3) is 0 Å². The van der Waals surface area contributed by atoms with Gasteiger partial charge < -0.3 is 10.3 Å². The summed E-state index contributed by atoms with van der Waals surface area (Å²) < 4.78 is 0. The Labute approximate surface area is 118 Å². The normalized spacial score (nSPS) is 12.5. The third-order valence-corrected chi connectivity index (χ3v) is 4.26. The van der Waals surface area contributed by atoms with Gasteiger partial charge in [-0.2, -0.15) is 11.8 Å². The van der Waals surface area contributed by atoms with E-state index in [0.717, 1.165) is 18.5 Å². The molecule has 2 aromatic rings. The molecule has 1 aromatic heterocycles. The number of hydrogen-bond donors (Lipinski definition) is 2. The van der Waals surface area contributed by atoms with Gasteiger partial charge in [0.15, 0.2) is 0 Å². The summed E-state index contributed by atoms with van der Waals surface area (Å²) in [7, 11) is 0. The van der Waals surface area contributed by atoms with Crippen LogP contribution in [0.2, 0.25) is 0 Å². The Hall–Kier alpha value is -1.42. The topological polar surface area (TPSA) is 44.9 Å². The number of benzene rings is 1. The second-order valence-electron chi connectivity index (χ2n) is 4.71. The SMILES string of the molecule is CSC(C)CNC(=O)CCc1c[nH]c2ccccc12. The van der Waals surface area contributed by atoms with E-state index in [4.69, 9.17) is 0 Å². The van der Waals surface area contributed by atoms with E-state index in [1.807, 2.05) is 18.3 Å². The average Bonchev–Trinajstić information content (AvgIpc) is 2.85. The Kier molecular flexibility index (Phi) is 4.91. The van der Waals surface area contributed by atoms with Gasteiger partial charge in [0.05, 0.1) is 0 Å². The summed E-state index contributed by atoms with van der Waals surface area (Å²) in [5, 5.41) is 4.66. The molecule has 0 saturated carbocycles. The molecule has 3 nitrogen and oxygen atoms in total. The van der Waals surface area contributed by atoms with Crippen LogP contribution in [0.5, 0.6) is 0 Å². The standard InChI is InChI=1S/C15H20N2OS/c1-11(19-2)9-17-15(18)8-7-12-10-16-14-6-4-3-5-13(12)14/h3-6,10-11,16H,7-9H2,1-2H3,(H,17,18). The second kappa shape index (κ2) is 6.66. The zero-order chi connectivity index (χ0) is 13.7. The number of thioether (sulfide) groups is 1. The Morgan fingerprint density at radius 1 is 1.42 bits per heavy atom. The highest BCUT2D eigenvalue weighted by molar-refractivity contribution is 7.99. The number of rotatable bonds is 6.